The van der Waals surface area contributed by atoms with Crippen LogP contribution in [0.4, 0.5) is 0 Å². The molecule has 1 aromatic carbocycles. The number of sulfonamides is 1. The van der Waals surface area contributed by atoms with E-state index in [0.717, 1.165) is 12.8 Å². The molecule has 0 spiro atoms. The molecule has 5 nitrogen and oxygen atoms in total. The number of hydrogen-bond acceptors (Lipinski definition) is 3. The minimum Gasteiger partial charge on any atom is -0.349 e. The Kier molecular flexibility index (Phi) is 5.24. The molecule has 1 aromatic rings. The molecule has 122 valence electrons. The van der Waals surface area contributed by atoms with Crippen LogP contribution in [-0.4, -0.2) is 37.8 Å². The lowest BCUT2D eigenvalue weighted by atomic mass is 10.1. The summed E-state index contributed by atoms with van der Waals surface area (Å²) in [6, 6.07) is 6.25. The number of nitrogens with one attached hydrogen (secondary N) is 1. The number of rotatable bonds is 5. The van der Waals surface area contributed by atoms with Crippen molar-refractivity contribution in [2.75, 3.05) is 13.1 Å². The lowest BCUT2D eigenvalue weighted by molar-refractivity contribution is 0.0930. The summed E-state index contributed by atoms with van der Waals surface area (Å²) >= 11 is 0. The van der Waals surface area contributed by atoms with Gasteiger partial charge in [0.15, 0.2) is 0 Å². The Morgan fingerprint density at radius 3 is 2.14 bits per heavy atom. The van der Waals surface area contributed by atoms with E-state index in [1.54, 1.807) is 12.1 Å². The van der Waals surface area contributed by atoms with Crippen LogP contribution in [0.5, 0.6) is 0 Å². The summed E-state index contributed by atoms with van der Waals surface area (Å²) in [4.78, 5) is 12.4. The highest BCUT2D eigenvalue weighted by molar-refractivity contribution is 7.89. The monoisotopic (exact) mass is 324 g/mol. The summed E-state index contributed by atoms with van der Waals surface area (Å²) in [6.07, 6.45) is 1.82. The van der Waals surface area contributed by atoms with Crippen molar-refractivity contribution in [3.8, 4) is 0 Å². The van der Waals surface area contributed by atoms with Gasteiger partial charge in [0.1, 0.15) is 0 Å². The Balaban J connectivity index is 2.11. The summed E-state index contributed by atoms with van der Waals surface area (Å²) in [5.41, 5.74) is 0.480. The van der Waals surface area contributed by atoms with Gasteiger partial charge in [-0.05, 0) is 49.9 Å². The fourth-order valence-corrected chi connectivity index (χ4v) is 3.83. The zero-order chi connectivity index (χ0) is 16.3. The van der Waals surface area contributed by atoms with Crippen LogP contribution in [0.25, 0.3) is 0 Å². The van der Waals surface area contributed by atoms with Gasteiger partial charge in [0.25, 0.3) is 5.91 Å². The topological polar surface area (TPSA) is 66.5 Å². The van der Waals surface area contributed by atoms with Crippen LogP contribution in [0.1, 0.15) is 44.0 Å². The number of carbonyl (C=O) groups excluding carboxylic acids is 1. The van der Waals surface area contributed by atoms with Gasteiger partial charge in [-0.25, -0.2) is 8.42 Å². The van der Waals surface area contributed by atoms with Gasteiger partial charge in [0, 0.05) is 24.7 Å². The van der Waals surface area contributed by atoms with Crippen LogP contribution in [0.15, 0.2) is 29.2 Å². The molecule has 0 radical (unpaired) electrons. The Bertz CT molecular complexity index is 617. The molecule has 0 saturated carbocycles. The molecule has 1 heterocycles. The van der Waals surface area contributed by atoms with Gasteiger partial charge in [-0.15, -0.1) is 0 Å². The molecule has 6 heteroatoms. The number of hydrogen-bond donors (Lipinski definition) is 1. The molecule has 1 unspecified atom stereocenters. The van der Waals surface area contributed by atoms with Crippen molar-refractivity contribution < 1.29 is 13.2 Å². The molecule has 1 aliphatic rings. The number of benzene rings is 1. The second kappa shape index (κ2) is 6.79. The van der Waals surface area contributed by atoms with E-state index in [1.807, 2.05) is 20.8 Å². The molecule has 1 fully saturated rings. The maximum atomic E-state index is 12.4. The average Bonchev–Trinajstić information content (AvgIpc) is 3.02. The average molecular weight is 324 g/mol. The summed E-state index contributed by atoms with van der Waals surface area (Å²) in [7, 11) is -3.42. The van der Waals surface area contributed by atoms with Crippen LogP contribution in [-0.2, 0) is 10.0 Å². The first-order chi connectivity index (χ1) is 10.3. The smallest absolute Gasteiger partial charge is 0.251 e. The maximum absolute atomic E-state index is 12.4. The zero-order valence-electron chi connectivity index (χ0n) is 13.4. The van der Waals surface area contributed by atoms with E-state index in [2.05, 4.69) is 5.32 Å². The first-order valence-electron chi connectivity index (χ1n) is 7.73. The Morgan fingerprint density at radius 1 is 1.09 bits per heavy atom. The standard InChI is InChI=1S/C16H24N2O3S/c1-12(2)13(3)17-16(19)14-6-8-15(9-7-14)22(20,21)18-10-4-5-11-18/h6-9,12-13H,4-5,10-11H2,1-3H3,(H,17,19). The fraction of sp³-hybridized carbons (Fsp3) is 0.562. The summed E-state index contributed by atoms with van der Waals surface area (Å²) in [5, 5.41) is 2.91. The van der Waals surface area contributed by atoms with Crippen molar-refractivity contribution in [2.45, 2.75) is 44.6 Å². The van der Waals surface area contributed by atoms with Gasteiger partial charge in [0.05, 0.1) is 4.90 Å². The van der Waals surface area contributed by atoms with E-state index < -0.39 is 10.0 Å². The van der Waals surface area contributed by atoms with E-state index in [9.17, 15) is 13.2 Å². The summed E-state index contributed by atoms with van der Waals surface area (Å²) < 4.78 is 26.3. The largest absolute Gasteiger partial charge is 0.349 e. The minimum atomic E-state index is -3.42. The first-order valence-corrected chi connectivity index (χ1v) is 9.17. The number of amides is 1. The number of nitrogens with zero attached hydrogens (tertiary/aromatic N) is 1. The Morgan fingerprint density at radius 2 is 1.64 bits per heavy atom. The van der Waals surface area contributed by atoms with Crippen LogP contribution < -0.4 is 5.32 Å². The maximum Gasteiger partial charge on any atom is 0.251 e. The van der Waals surface area contributed by atoms with Crippen molar-refractivity contribution in [1.29, 1.82) is 0 Å². The van der Waals surface area contributed by atoms with E-state index in [0.29, 0.717) is 24.6 Å². The molecule has 0 aromatic heterocycles. The van der Waals surface area contributed by atoms with Gasteiger partial charge in [-0.2, -0.15) is 4.31 Å². The lowest BCUT2D eigenvalue weighted by Gasteiger charge is -2.18. The molecule has 1 N–H and O–H groups in total. The molecule has 22 heavy (non-hydrogen) atoms. The molecule has 1 saturated heterocycles. The summed E-state index contributed by atoms with van der Waals surface area (Å²) in [5.74, 6) is 0.171. The third-order valence-corrected chi connectivity index (χ3v) is 6.09. The second-order valence-electron chi connectivity index (χ2n) is 6.14. The van der Waals surface area contributed by atoms with Crippen LogP contribution >= 0.6 is 0 Å². The Labute approximate surface area is 132 Å². The third kappa shape index (κ3) is 3.67. The molecule has 2 rings (SSSR count). The predicted octanol–water partition coefficient (Wildman–Crippen LogP) is 2.25. The van der Waals surface area contributed by atoms with Gasteiger partial charge in [-0.1, -0.05) is 13.8 Å². The zero-order valence-corrected chi connectivity index (χ0v) is 14.2. The SMILES string of the molecule is CC(C)C(C)NC(=O)c1ccc(S(=O)(=O)N2CCCC2)cc1. The van der Waals surface area contributed by atoms with Gasteiger partial charge >= 0.3 is 0 Å². The van der Waals surface area contributed by atoms with Crippen molar-refractivity contribution >= 4 is 15.9 Å². The molecular formula is C16H24N2O3S. The molecular weight excluding hydrogens is 300 g/mol. The number of carbonyl (C=O) groups is 1. The van der Waals surface area contributed by atoms with E-state index in [1.165, 1.54) is 16.4 Å². The van der Waals surface area contributed by atoms with E-state index in [4.69, 9.17) is 0 Å². The molecule has 1 aliphatic heterocycles. The quantitative estimate of drug-likeness (QED) is 0.903. The highest BCUT2D eigenvalue weighted by Gasteiger charge is 2.27. The lowest BCUT2D eigenvalue weighted by Crippen LogP contribution is -2.36. The second-order valence-corrected chi connectivity index (χ2v) is 8.08. The van der Waals surface area contributed by atoms with Gasteiger partial charge in [0.2, 0.25) is 10.0 Å². The third-order valence-electron chi connectivity index (χ3n) is 4.18. The van der Waals surface area contributed by atoms with Crippen molar-refractivity contribution in [3.05, 3.63) is 29.8 Å². The van der Waals surface area contributed by atoms with Gasteiger partial charge in [-0.3, -0.25) is 4.79 Å². The molecule has 0 aliphatic carbocycles. The van der Waals surface area contributed by atoms with Gasteiger partial charge < -0.3 is 5.32 Å². The van der Waals surface area contributed by atoms with Crippen molar-refractivity contribution in [1.82, 2.24) is 9.62 Å². The highest BCUT2D eigenvalue weighted by atomic mass is 32.2. The van der Waals surface area contributed by atoms with Crippen molar-refractivity contribution in [3.63, 3.8) is 0 Å². The summed E-state index contributed by atoms with van der Waals surface area (Å²) in [6.45, 7) is 7.19. The fourth-order valence-electron chi connectivity index (χ4n) is 2.31. The van der Waals surface area contributed by atoms with Crippen LogP contribution in [0.3, 0.4) is 0 Å². The van der Waals surface area contributed by atoms with Crippen LogP contribution in [0.2, 0.25) is 0 Å². The highest BCUT2D eigenvalue weighted by Crippen LogP contribution is 2.21. The molecule has 1 atom stereocenters. The predicted molar refractivity (Wildman–Crippen MR) is 86.2 cm³/mol. The normalized spacial score (nSPS) is 17.6. The Hall–Kier alpha value is -1.40. The van der Waals surface area contributed by atoms with Crippen molar-refractivity contribution in [2.24, 2.45) is 5.92 Å². The minimum absolute atomic E-state index is 0.0699. The van der Waals surface area contributed by atoms with E-state index >= 15 is 0 Å². The molecule has 1 amide bonds. The first kappa shape index (κ1) is 17.0. The molecule has 0 bridgehead atoms. The van der Waals surface area contributed by atoms with E-state index in [-0.39, 0.29) is 16.8 Å². The van der Waals surface area contributed by atoms with Crippen LogP contribution in [0, 0.1) is 5.92 Å².